The van der Waals surface area contributed by atoms with Gasteiger partial charge in [0.25, 0.3) is 0 Å². The monoisotopic (exact) mass is 433 g/mol. The maximum atomic E-state index is 12.7. The Balaban J connectivity index is 1.87. The van der Waals surface area contributed by atoms with Crippen molar-refractivity contribution in [1.82, 2.24) is 0 Å². The van der Waals surface area contributed by atoms with Gasteiger partial charge in [-0.15, -0.1) is 0 Å². The van der Waals surface area contributed by atoms with Gasteiger partial charge in [0.2, 0.25) is 0 Å². The molecule has 1 unspecified atom stereocenters. The van der Waals surface area contributed by atoms with E-state index < -0.39 is 18.2 Å². The summed E-state index contributed by atoms with van der Waals surface area (Å²) in [6, 6.07) is 16.9. The Bertz CT molecular complexity index is 1130. The summed E-state index contributed by atoms with van der Waals surface area (Å²) in [5.74, 6) is -0.916. The van der Waals surface area contributed by atoms with Crippen molar-refractivity contribution < 1.29 is 27.4 Å². The van der Waals surface area contributed by atoms with E-state index in [0.29, 0.717) is 27.6 Å². The Labute approximate surface area is 175 Å². The second-order valence-corrected chi connectivity index (χ2v) is 7.08. The van der Waals surface area contributed by atoms with Crippen molar-refractivity contribution >= 4 is 23.2 Å². The molecule has 0 saturated heterocycles. The Hall–Kier alpha value is -3.19. The number of anilines is 1. The predicted octanol–water partition coefficient (Wildman–Crippen LogP) is 6.00. The van der Waals surface area contributed by atoms with Crippen LogP contribution in [0.25, 0.3) is 11.1 Å². The van der Waals surface area contributed by atoms with Crippen LogP contribution in [0.15, 0.2) is 60.7 Å². The van der Waals surface area contributed by atoms with Gasteiger partial charge in [0.15, 0.2) is 0 Å². The molecule has 1 atom stereocenters. The van der Waals surface area contributed by atoms with Crippen LogP contribution >= 0.6 is 11.6 Å². The van der Waals surface area contributed by atoms with E-state index in [1.165, 1.54) is 19.2 Å². The van der Waals surface area contributed by atoms with Crippen LogP contribution in [0.2, 0.25) is 5.02 Å². The first-order valence-corrected chi connectivity index (χ1v) is 9.27. The quantitative estimate of drug-likeness (QED) is 0.551. The van der Waals surface area contributed by atoms with E-state index in [0.717, 1.165) is 11.1 Å². The van der Waals surface area contributed by atoms with Gasteiger partial charge in [-0.3, -0.25) is 4.79 Å². The van der Waals surface area contributed by atoms with Crippen LogP contribution in [-0.4, -0.2) is 19.2 Å². The lowest BCUT2D eigenvalue weighted by Crippen LogP contribution is -2.30. The smallest absolute Gasteiger partial charge is 0.471 e. The van der Waals surface area contributed by atoms with Gasteiger partial charge in [-0.05, 0) is 47.5 Å². The van der Waals surface area contributed by atoms with Crippen LogP contribution in [0, 0.1) is 0 Å². The van der Waals surface area contributed by atoms with Gasteiger partial charge in [-0.2, -0.15) is 13.2 Å². The van der Waals surface area contributed by atoms with Crippen molar-refractivity contribution in [1.29, 1.82) is 0 Å². The summed E-state index contributed by atoms with van der Waals surface area (Å²) in [7, 11) is 1.52. The first kappa shape index (κ1) is 20.1. The number of amides is 1. The molecule has 1 N–H and O–H groups in total. The van der Waals surface area contributed by atoms with Crippen LogP contribution in [0.1, 0.15) is 17.2 Å². The highest BCUT2D eigenvalue weighted by molar-refractivity contribution is 6.30. The largest absolute Gasteiger partial charge is 0.496 e. The number of nitrogens with one attached hydrogen (secondary N) is 1. The first-order chi connectivity index (χ1) is 14.3. The number of methoxy groups -OCH3 is 1. The third-order valence-corrected chi connectivity index (χ3v) is 4.96. The number of hydrogen-bond donors (Lipinski definition) is 1. The standard InChI is InChI=1S/C22H15ClF3NO3/c1-29-17-6-3-7-18-19(17)15-9-8-14(27-21(28)22(24,25)26)11-16(15)20(30-18)12-4-2-5-13(23)10-12/h2-11,20H,1H3,(H,27,28). The zero-order valence-corrected chi connectivity index (χ0v) is 16.3. The van der Waals surface area contributed by atoms with Gasteiger partial charge >= 0.3 is 12.1 Å². The Morgan fingerprint density at radius 2 is 1.87 bits per heavy atom. The average Bonchev–Trinajstić information content (AvgIpc) is 2.71. The van der Waals surface area contributed by atoms with Crippen LogP contribution < -0.4 is 14.8 Å². The molecular formula is C22H15ClF3NO3. The van der Waals surface area contributed by atoms with Gasteiger partial charge in [0.1, 0.15) is 17.6 Å². The number of ether oxygens (including phenoxy) is 2. The molecule has 4 rings (SSSR count). The van der Waals surface area contributed by atoms with Crippen molar-refractivity contribution in [3.8, 4) is 22.6 Å². The highest BCUT2D eigenvalue weighted by Crippen LogP contribution is 2.49. The molecule has 0 aromatic heterocycles. The number of benzene rings is 3. The van der Waals surface area contributed by atoms with Crippen molar-refractivity contribution in [2.24, 2.45) is 0 Å². The predicted molar refractivity (Wildman–Crippen MR) is 107 cm³/mol. The lowest BCUT2D eigenvalue weighted by Gasteiger charge is -2.30. The topological polar surface area (TPSA) is 47.6 Å². The minimum atomic E-state index is -4.99. The van der Waals surface area contributed by atoms with E-state index in [1.807, 2.05) is 11.4 Å². The van der Waals surface area contributed by atoms with Gasteiger partial charge in [-0.1, -0.05) is 35.9 Å². The molecule has 30 heavy (non-hydrogen) atoms. The summed E-state index contributed by atoms with van der Waals surface area (Å²) < 4.78 is 49.7. The molecule has 154 valence electrons. The fourth-order valence-corrected chi connectivity index (χ4v) is 3.64. The number of fused-ring (bicyclic) bond motifs is 3. The Morgan fingerprint density at radius 1 is 1.10 bits per heavy atom. The van der Waals surface area contributed by atoms with Gasteiger partial charge in [0.05, 0.1) is 12.7 Å². The van der Waals surface area contributed by atoms with E-state index in [-0.39, 0.29) is 5.69 Å². The molecule has 1 aliphatic rings. The summed E-state index contributed by atoms with van der Waals surface area (Å²) in [5, 5.41) is 2.39. The van der Waals surface area contributed by atoms with E-state index in [9.17, 15) is 18.0 Å². The molecule has 3 aromatic carbocycles. The normalized spacial score (nSPS) is 14.9. The van der Waals surface area contributed by atoms with Gasteiger partial charge < -0.3 is 14.8 Å². The van der Waals surface area contributed by atoms with E-state index in [4.69, 9.17) is 21.1 Å². The molecule has 4 nitrogen and oxygen atoms in total. The van der Waals surface area contributed by atoms with Crippen molar-refractivity contribution in [3.05, 3.63) is 76.8 Å². The summed E-state index contributed by atoms with van der Waals surface area (Å²) in [6.45, 7) is 0. The molecule has 0 fully saturated rings. The zero-order chi connectivity index (χ0) is 21.5. The van der Waals surface area contributed by atoms with Crippen LogP contribution in [0.5, 0.6) is 11.5 Å². The average molecular weight is 434 g/mol. The van der Waals surface area contributed by atoms with E-state index >= 15 is 0 Å². The van der Waals surface area contributed by atoms with Crippen LogP contribution in [0.4, 0.5) is 18.9 Å². The molecule has 0 aliphatic carbocycles. The number of alkyl halides is 3. The second kappa shape index (κ2) is 7.57. The maximum Gasteiger partial charge on any atom is 0.471 e. The highest BCUT2D eigenvalue weighted by atomic mass is 35.5. The number of halogens is 4. The van der Waals surface area contributed by atoms with Crippen LogP contribution in [0.3, 0.4) is 0 Å². The Morgan fingerprint density at radius 3 is 2.57 bits per heavy atom. The minimum absolute atomic E-state index is 0.00468. The second-order valence-electron chi connectivity index (χ2n) is 6.64. The molecule has 0 radical (unpaired) electrons. The zero-order valence-electron chi connectivity index (χ0n) is 15.6. The minimum Gasteiger partial charge on any atom is -0.496 e. The van der Waals surface area contributed by atoms with Gasteiger partial charge in [-0.25, -0.2) is 0 Å². The summed E-state index contributed by atoms with van der Waals surface area (Å²) in [5.41, 5.74) is 2.71. The third kappa shape index (κ3) is 3.68. The Kier molecular flexibility index (Phi) is 5.07. The molecule has 0 saturated carbocycles. The van der Waals surface area contributed by atoms with Gasteiger partial charge in [0, 0.05) is 16.3 Å². The molecule has 1 aliphatic heterocycles. The van der Waals surface area contributed by atoms with Crippen LogP contribution in [-0.2, 0) is 4.79 Å². The number of carbonyl (C=O) groups excluding carboxylic acids is 1. The first-order valence-electron chi connectivity index (χ1n) is 8.89. The summed E-state index contributed by atoms with van der Waals surface area (Å²) >= 11 is 6.13. The highest BCUT2D eigenvalue weighted by Gasteiger charge is 2.39. The van der Waals surface area contributed by atoms with Crippen molar-refractivity contribution in [2.75, 3.05) is 12.4 Å². The van der Waals surface area contributed by atoms with E-state index in [1.54, 1.807) is 42.5 Å². The molecule has 0 spiro atoms. The fourth-order valence-electron chi connectivity index (χ4n) is 3.44. The summed E-state index contributed by atoms with van der Waals surface area (Å²) in [4.78, 5) is 11.4. The number of carbonyl (C=O) groups is 1. The maximum absolute atomic E-state index is 12.7. The fraction of sp³-hybridized carbons (Fsp3) is 0.136. The number of hydrogen-bond acceptors (Lipinski definition) is 3. The molecule has 3 aromatic rings. The number of rotatable bonds is 3. The molecule has 1 heterocycles. The lowest BCUT2D eigenvalue weighted by atomic mass is 9.88. The van der Waals surface area contributed by atoms with E-state index in [2.05, 4.69) is 0 Å². The lowest BCUT2D eigenvalue weighted by molar-refractivity contribution is -0.167. The molecular weight excluding hydrogens is 419 g/mol. The summed E-state index contributed by atoms with van der Waals surface area (Å²) in [6.07, 6.45) is -5.63. The molecule has 8 heteroatoms. The molecule has 1 amide bonds. The van der Waals surface area contributed by atoms with Crippen molar-refractivity contribution in [3.63, 3.8) is 0 Å². The van der Waals surface area contributed by atoms with Crippen molar-refractivity contribution in [2.45, 2.75) is 12.3 Å². The third-order valence-electron chi connectivity index (χ3n) is 4.72. The molecule has 0 bridgehead atoms. The SMILES string of the molecule is COc1cccc2c1-c1ccc(NC(=O)C(F)(F)F)cc1C(c1cccc(Cl)c1)O2.